The first kappa shape index (κ1) is 36.3. The zero-order valence-electron chi connectivity index (χ0n) is 32.8. The molecule has 8 aromatic rings. The molecule has 56 heavy (non-hydrogen) atoms. The summed E-state index contributed by atoms with van der Waals surface area (Å²) < 4.78 is 0. The lowest BCUT2D eigenvalue weighted by Gasteiger charge is -2.28. The third-order valence-corrected chi connectivity index (χ3v) is 10.6. The summed E-state index contributed by atoms with van der Waals surface area (Å²) >= 11 is 0. The fourth-order valence-electron chi connectivity index (χ4n) is 8.36. The Kier molecular flexibility index (Phi) is 10.1. The van der Waals surface area contributed by atoms with Gasteiger partial charge in [-0.1, -0.05) is 132 Å². The van der Waals surface area contributed by atoms with Crippen LogP contribution in [0.15, 0.2) is 158 Å². The van der Waals surface area contributed by atoms with Gasteiger partial charge in [0.15, 0.2) is 5.82 Å². The molecule has 0 fully saturated rings. The molecule has 2 heterocycles. The van der Waals surface area contributed by atoms with E-state index in [1.165, 1.54) is 50.1 Å². The SMILES string of the molecule is Cc1cc(C)c(C(c2ccc(N(c3ccncn3)c3cc(-c4ccccc4-c4ccccc4)nc(-c4ccccc4)n3)cc2)c2c(C)cc(C)cc2C)c(C)c1. The van der Waals surface area contributed by atoms with Gasteiger partial charge in [0, 0.05) is 35.0 Å². The number of hydrogen-bond donors (Lipinski definition) is 0. The average molecular weight is 728 g/mol. The Bertz CT molecular complexity index is 2530. The quantitative estimate of drug-likeness (QED) is 0.139. The van der Waals surface area contributed by atoms with Crippen molar-refractivity contribution in [3.63, 3.8) is 0 Å². The van der Waals surface area contributed by atoms with E-state index in [4.69, 9.17) is 15.0 Å². The van der Waals surface area contributed by atoms with Crippen LogP contribution in [0.1, 0.15) is 56.0 Å². The molecule has 0 aliphatic carbocycles. The van der Waals surface area contributed by atoms with Crippen molar-refractivity contribution in [2.24, 2.45) is 0 Å². The van der Waals surface area contributed by atoms with Gasteiger partial charge < -0.3 is 0 Å². The van der Waals surface area contributed by atoms with Gasteiger partial charge in [0.25, 0.3) is 0 Å². The summed E-state index contributed by atoms with van der Waals surface area (Å²) in [6, 6.07) is 51.3. The second kappa shape index (κ2) is 15.6. The topological polar surface area (TPSA) is 54.8 Å². The highest BCUT2D eigenvalue weighted by molar-refractivity contribution is 5.85. The van der Waals surface area contributed by atoms with E-state index in [0.717, 1.165) is 33.6 Å². The van der Waals surface area contributed by atoms with Gasteiger partial charge in [-0.3, -0.25) is 4.90 Å². The Hall–Kier alpha value is -6.72. The summed E-state index contributed by atoms with van der Waals surface area (Å²) in [7, 11) is 0. The smallest absolute Gasteiger partial charge is 0.162 e. The fourth-order valence-corrected chi connectivity index (χ4v) is 8.36. The van der Waals surface area contributed by atoms with Gasteiger partial charge in [0.2, 0.25) is 0 Å². The third-order valence-electron chi connectivity index (χ3n) is 10.6. The van der Waals surface area contributed by atoms with Crippen molar-refractivity contribution >= 4 is 17.3 Å². The van der Waals surface area contributed by atoms with E-state index in [0.29, 0.717) is 17.5 Å². The van der Waals surface area contributed by atoms with Crippen molar-refractivity contribution in [2.45, 2.75) is 47.5 Å². The van der Waals surface area contributed by atoms with Crippen LogP contribution in [-0.2, 0) is 0 Å². The molecule has 0 aliphatic heterocycles. The highest BCUT2D eigenvalue weighted by Gasteiger charge is 2.26. The van der Waals surface area contributed by atoms with Crippen LogP contribution >= 0.6 is 0 Å². The standard InChI is InChI=1S/C51H45N5/c1-33-27-35(3)48(36(4)28-33)50(49-37(5)29-34(2)30-38(49)6)40-21-23-42(24-22-40)56(46-25-26-52-32-53-46)47-31-45(54-51(55-47)41-17-11-8-12-18-41)44-20-14-13-19-43(44)39-15-9-7-10-16-39/h7-32,50H,1-6H3. The minimum absolute atomic E-state index is 0.0579. The zero-order chi connectivity index (χ0) is 38.8. The van der Waals surface area contributed by atoms with E-state index in [1.807, 2.05) is 30.3 Å². The summed E-state index contributed by atoms with van der Waals surface area (Å²) in [6.07, 6.45) is 3.36. The first-order valence-corrected chi connectivity index (χ1v) is 19.2. The van der Waals surface area contributed by atoms with E-state index in [-0.39, 0.29) is 5.92 Å². The second-order valence-electron chi connectivity index (χ2n) is 14.8. The highest BCUT2D eigenvalue weighted by atomic mass is 15.3. The molecule has 0 aliphatic rings. The molecule has 0 saturated carbocycles. The molecule has 0 spiro atoms. The monoisotopic (exact) mass is 727 g/mol. The van der Waals surface area contributed by atoms with Gasteiger partial charge in [-0.2, -0.15) is 0 Å². The summed E-state index contributed by atoms with van der Waals surface area (Å²) in [5.74, 6) is 2.10. The second-order valence-corrected chi connectivity index (χ2v) is 14.8. The molecule has 2 aromatic heterocycles. The minimum atomic E-state index is 0.0579. The van der Waals surface area contributed by atoms with Gasteiger partial charge in [-0.15, -0.1) is 0 Å². The minimum Gasteiger partial charge on any atom is -0.279 e. The first-order valence-electron chi connectivity index (χ1n) is 19.2. The van der Waals surface area contributed by atoms with Gasteiger partial charge in [0.1, 0.15) is 18.0 Å². The predicted octanol–water partition coefficient (Wildman–Crippen LogP) is 12.8. The van der Waals surface area contributed by atoms with E-state index in [1.54, 1.807) is 12.5 Å². The number of anilines is 3. The lowest BCUT2D eigenvalue weighted by atomic mass is 9.77. The van der Waals surface area contributed by atoms with E-state index >= 15 is 0 Å². The largest absolute Gasteiger partial charge is 0.279 e. The molecule has 0 unspecified atom stereocenters. The Morgan fingerprint density at radius 3 is 1.57 bits per heavy atom. The number of aryl methyl sites for hydroxylation is 6. The normalized spacial score (nSPS) is 11.2. The molecule has 274 valence electrons. The highest BCUT2D eigenvalue weighted by Crippen LogP contribution is 2.42. The van der Waals surface area contributed by atoms with E-state index in [2.05, 4.69) is 167 Å². The Morgan fingerprint density at radius 2 is 1.02 bits per heavy atom. The number of aromatic nitrogens is 4. The van der Waals surface area contributed by atoms with Crippen LogP contribution in [0, 0.1) is 41.5 Å². The molecule has 0 saturated heterocycles. The molecular weight excluding hydrogens is 683 g/mol. The van der Waals surface area contributed by atoms with Gasteiger partial charge >= 0.3 is 0 Å². The van der Waals surface area contributed by atoms with Crippen molar-refractivity contribution in [3.8, 4) is 33.8 Å². The number of rotatable bonds is 9. The molecule has 6 aromatic carbocycles. The van der Waals surface area contributed by atoms with Crippen LogP contribution < -0.4 is 4.90 Å². The maximum absolute atomic E-state index is 5.25. The van der Waals surface area contributed by atoms with Gasteiger partial charge in [-0.05, 0) is 110 Å². The van der Waals surface area contributed by atoms with Crippen LogP contribution in [0.2, 0.25) is 0 Å². The number of hydrogen-bond acceptors (Lipinski definition) is 5. The van der Waals surface area contributed by atoms with Crippen LogP contribution in [0.5, 0.6) is 0 Å². The Labute approximate surface area is 330 Å². The molecule has 5 heteroatoms. The molecule has 0 bridgehead atoms. The van der Waals surface area contributed by atoms with Crippen molar-refractivity contribution in [1.82, 2.24) is 19.9 Å². The summed E-state index contributed by atoms with van der Waals surface area (Å²) in [4.78, 5) is 21.6. The molecule has 0 N–H and O–H groups in total. The predicted molar refractivity (Wildman–Crippen MR) is 231 cm³/mol. The molecule has 0 radical (unpaired) electrons. The van der Waals surface area contributed by atoms with Crippen LogP contribution in [0.4, 0.5) is 17.3 Å². The van der Waals surface area contributed by atoms with Crippen LogP contribution in [0.3, 0.4) is 0 Å². The summed E-state index contributed by atoms with van der Waals surface area (Å²) in [6.45, 7) is 13.4. The van der Waals surface area contributed by atoms with Crippen molar-refractivity contribution in [1.29, 1.82) is 0 Å². The Morgan fingerprint density at radius 1 is 0.482 bits per heavy atom. The average Bonchev–Trinajstić information content (AvgIpc) is 3.21. The van der Waals surface area contributed by atoms with Crippen LogP contribution in [0.25, 0.3) is 33.8 Å². The maximum atomic E-state index is 5.25. The van der Waals surface area contributed by atoms with Crippen molar-refractivity contribution < 1.29 is 0 Å². The van der Waals surface area contributed by atoms with Crippen molar-refractivity contribution in [3.05, 3.63) is 208 Å². The lowest BCUT2D eigenvalue weighted by Crippen LogP contribution is -2.15. The summed E-state index contributed by atoms with van der Waals surface area (Å²) in [5, 5.41) is 0. The van der Waals surface area contributed by atoms with Gasteiger partial charge in [0.05, 0.1) is 5.69 Å². The van der Waals surface area contributed by atoms with Crippen LogP contribution in [-0.4, -0.2) is 19.9 Å². The summed E-state index contributed by atoms with van der Waals surface area (Å²) in [5.41, 5.74) is 17.6. The molecule has 8 rings (SSSR count). The molecule has 5 nitrogen and oxygen atoms in total. The van der Waals surface area contributed by atoms with E-state index < -0.39 is 0 Å². The number of nitrogens with zero attached hydrogens (tertiary/aromatic N) is 5. The first-order chi connectivity index (χ1) is 27.2. The molecule has 0 atom stereocenters. The fraction of sp³-hybridized carbons (Fsp3) is 0.137. The maximum Gasteiger partial charge on any atom is 0.162 e. The zero-order valence-corrected chi connectivity index (χ0v) is 32.8. The van der Waals surface area contributed by atoms with Gasteiger partial charge in [-0.25, -0.2) is 19.9 Å². The molecular formula is C51H45N5. The van der Waals surface area contributed by atoms with E-state index in [9.17, 15) is 0 Å². The van der Waals surface area contributed by atoms with Crippen molar-refractivity contribution in [2.75, 3.05) is 4.90 Å². The Balaban J connectivity index is 1.32. The lowest BCUT2D eigenvalue weighted by molar-refractivity contribution is 0.919. The molecule has 0 amide bonds. The third kappa shape index (κ3) is 7.24. The number of benzene rings is 6.